The number of benzene rings is 2. The summed E-state index contributed by atoms with van der Waals surface area (Å²) in [7, 11) is -0.102. The Balaban J connectivity index is 1.89. The zero-order valence-corrected chi connectivity index (χ0v) is 45.7. The Kier molecular flexibility index (Phi) is 21.8. The number of carbonyl (C=O) groups excluding carboxylic acids is 7. The van der Waals surface area contributed by atoms with Crippen LogP contribution in [-0.2, 0) is 59.5 Å². The fourth-order valence-corrected chi connectivity index (χ4v) is 10.5. The minimum absolute atomic E-state index is 0.0113. The van der Waals surface area contributed by atoms with Crippen LogP contribution in [0.25, 0.3) is 0 Å². The minimum Gasteiger partial charge on any atom is -0.497 e. The van der Waals surface area contributed by atoms with Crippen molar-refractivity contribution in [2.24, 2.45) is 23.7 Å². The highest BCUT2D eigenvalue weighted by atomic mass is 32.2. The second-order valence-electron chi connectivity index (χ2n) is 20.9. The zero-order valence-electron chi connectivity index (χ0n) is 44.9. The number of aryl methyl sites for hydroxylation is 1. The predicted octanol–water partition coefficient (Wildman–Crippen LogP) is 3.91. The van der Waals surface area contributed by atoms with E-state index in [2.05, 4.69) is 16.0 Å². The van der Waals surface area contributed by atoms with Gasteiger partial charge >= 0.3 is 11.9 Å². The van der Waals surface area contributed by atoms with Crippen molar-refractivity contribution >= 4 is 51.5 Å². The molecule has 0 radical (unpaired) electrons. The van der Waals surface area contributed by atoms with Gasteiger partial charge in [0.2, 0.25) is 33.7 Å². The van der Waals surface area contributed by atoms with E-state index in [1.165, 1.54) is 50.1 Å². The van der Waals surface area contributed by atoms with E-state index in [1.807, 2.05) is 13.8 Å². The number of rotatable bonds is 15. The molecule has 2 heterocycles. The van der Waals surface area contributed by atoms with Crippen molar-refractivity contribution in [3.05, 3.63) is 59.7 Å². The van der Waals surface area contributed by atoms with Crippen LogP contribution in [-0.4, -0.2) is 151 Å². The van der Waals surface area contributed by atoms with Crippen LogP contribution in [0.5, 0.6) is 5.75 Å². The summed E-state index contributed by atoms with van der Waals surface area (Å²) in [5.74, 6) is -6.57. The number of nitrogens with one attached hydrogen (secondary N) is 3. The summed E-state index contributed by atoms with van der Waals surface area (Å²) in [4.78, 5) is 104. The van der Waals surface area contributed by atoms with Crippen molar-refractivity contribution in [1.82, 2.24) is 30.1 Å². The maximum Gasteiger partial charge on any atom is 0.329 e. The molecule has 4 rings (SSSR count). The Morgan fingerprint density at radius 2 is 1.53 bits per heavy atom. The summed E-state index contributed by atoms with van der Waals surface area (Å²) in [6, 6.07) is 5.06. The number of sulfonamides is 1. The molecule has 0 aliphatic carbocycles. The molecule has 10 atom stereocenters. The molecule has 1 unspecified atom stereocenters. The van der Waals surface area contributed by atoms with Gasteiger partial charge in [-0.2, -0.15) is 4.31 Å². The van der Waals surface area contributed by atoms with E-state index >= 15 is 0 Å². The van der Waals surface area contributed by atoms with Crippen LogP contribution >= 0.6 is 0 Å². The number of hydrogen-bond acceptors (Lipinski definition) is 13. The van der Waals surface area contributed by atoms with E-state index in [0.29, 0.717) is 24.2 Å². The van der Waals surface area contributed by atoms with E-state index in [4.69, 9.17) is 14.2 Å². The Hall–Kier alpha value is -5.60. The first-order valence-corrected chi connectivity index (χ1v) is 26.9. The third kappa shape index (κ3) is 15.7. The number of fused-ring (bicyclic) bond motifs is 1. The molecule has 2 aromatic carbocycles. The SMILES string of the molecule is CC[C@H](C)[C@H]1NC(=O)[C@@H](NC(=O)[C@@H](CC(C)C)N(C)S(=O)(=O)c2ccc(C)cc2)[C@@H](C)OC(=O)[C@H](Cc2ccc(OC)cc2)N(C)C(=O)[C@@H]2CCCN2C(=O)[C@H](CC(C)C)NC(=O)C(C(C)C)OC(=O)C[C@@H]1O. The highest BCUT2D eigenvalue weighted by Crippen LogP contribution is 2.27. The lowest BCUT2D eigenvalue weighted by Crippen LogP contribution is -2.61. The number of aliphatic hydroxyl groups is 1. The van der Waals surface area contributed by atoms with Gasteiger partial charge in [-0.3, -0.25) is 28.8 Å². The van der Waals surface area contributed by atoms with Gasteiger partial charge < -0.3 is 45.1 Å². The normalized spacial score (nSPS) is 25.4. The monoisotopic (exact) mass is 1040 g/mol. The number of likely N-dealkylation sites (N-methyl/N-ethyl adjacent to an activating group) is 2. The molecule has 19 nitrogen and oxygen atoms in total. The summed E-state index contributed by atoms with van der Waals surface area (Å²) in [6.07, 6.45) is -4.06. The van der Waals surface area contributed by atoms with Crippen LogP contribution < -0.4 is 20.7 Å². The maximum atomic E-state index is 14.9. The van der Waals surface area contributed by atoms with E-state index in [1.54, 1.807) is 84.9 Å². The van der Waals surface area contributed by atoms with Gasteiger partial charge in [0.05, 0.1) is 30.6 Å². The standard InChI is InChI=1S/C53H80N6O13S/c1-14-34(9)45-43(60)29-44(61)72-47(32(6)7)50(64)54-39(26-30(2)3)51(65)59-25-15-16-40(59)52(66)57(11)42(28-36-19-21-37(70-13)22-20-36)53(67)71-35(10)46(49(63)55-45)56-48(62)41(27-31(4)5)58(12)73(68,69)38-23-17-33(8)18-24-38/h17-24,30-32,34-35,39-43,45-47,60H,14-16,25-29H2,1-13H3,(H,54,64)(H,55,63)(H,56,62)/t34-,35+,39-,40-,41+,42-,43-,45+,46-,47?/m0/s1. The highest BCUT2D eigenvalue weighted by molar-refractivity contribution is 7.89. The molecule has 406 valence electrons. The number of aliphatic hydroxyl groups excluding tert-OH is 1. The first-order chi connectivity index (χ1) is 34.2. The van der Waals surface area contributed by atoms with E-state index in [9.17, 15) is 47.1 Å². The largest absolute Gasteiger partial charge is 0.497 e. The molecule has 4 N–H and O–H groups in total. The number of amides is 5. The van der Waals surface area contributed by atoms with Gasteiger partial charge in [0, 0.05) is 27.1 Å². The topological polar surface area (TPSA) is 247 Å². The second kappa shape index (κ2) is 26.6. The lowest BCUT2D eigenvalue weighted by molar-refractivity contribution is -0.162. The van der Waals surface area contributed by atoms with E-state index in [-0.39, 0.29) is 49.0 Å². The average Bonchev–Trinajstić information content (AvgIpc) is 3.83. The van der Waals surface area contributed by atoms with Crippen molar-refractivity contribution in [1.29, 1.82) is 0 Å². The summed E-state index contributed by atoms with van der Waals surface area (Å²) >= 11 is 0. The molecule has 0 spiro atoms. The quantitative estimate of drug-likeness (QED) is 0.185. The van der Waals surface area contributed by atoms with Gasteiger partial charge in [-0.15, -0.1) is 0 Å². The van der Waals surface area contributed by atoms with Crippen LogP contribution in [0.15, 0.2) is 53.4 Å². The van der Waals surface area contributed by atoms with Crippen molar-refractivity contribution in [3.63, 3.8) is 0 Å². The van der Waals surface area contributed by atoms with Crippen molar-refractivity contribution < 1.29 is 61.3 Å². The third-order valence-corrected chi connectivity index (χ3v) is 15.7. The Bertz CT molecular complexity index is 2340. The number of nitrogens with zero attached hydrogens (tertiary/aromatic N) is 3. The predicted molar refractivity (Wildman–Crippen MR) is 273 cm³/mol. The zero-order chi connectivity index (χ0) is 54.6. The van der Waals surface area contributed by atoms with Crippen LogP contribution in [0.1, 0.15) is 112 Å². The molecule has 2 saturated heterocycles. The Labute approximate surface area is 431 Å². The van der Waals surface area contributed by atoms with Gasteiger partial charge in [0.1, 0.15) is 42.1 Å². The van der Waals surface area contributed by atoms with E-state index in [0.717, 1.165) is 9.87 Å². The third-order valence-electron chi connectivity index (χ3n) is 13.8. The molecule has 2 aliphatic rings. The first-order valence-electron chi connectivity index (χ1n) is 25.5. The molecule has 0 saturated carbocycles. The van der Waals surface area contributed by atoms with Crippen LogP contribution in [0, 0.1) is 30.6 Å². The summed E-state index contributed by atoms with van der Waals surface area (Å²) < 4.78 is 46.3. The second-order valence-corrected chi connectivity index (χ2v) is 22.8. The van der Waals surface area contributed by atoms with Gasteiger partial charge in [0.15, 0.2) is 6.10 Å². The summed E-state index contributed by atoms with van der Waals surface area (Å²) in [6.45, 7) is 17.5. The Morgan fingerprint density at radius 3 is 2.10 bits per heavy atom. The summed E-state index contributed by atoms with van der Waals surface area (Å²) in [5.41, 5.74) is 1.41. The number of cyclic esters (lactones) is 2. The molecule has 2 fully saturated rings. The molecule has 5 amide bonds. The lowest BCUT2D eigenvalue weighted by atomic mass is 9.92. The molecule has 0 bridgehead atoms. The van der Waals surface area contributed by atoms with Crippen LogP contribution in [0.4, 0.5) is 0 Å². The van der Waals surface area contributed by atoms with Gasteiger partial charge in [0.25, 0.3) is 5.91 Å². The molecule has 2 aliphatic heterocycles. The molecular formula is C53H80N6O13S. The van der Waals surface area contributed by atoms with E-state index < -0.39 is 124 Å². The van der Waals surface area contributed by atoms with Crippen molar-refractivity contribution in [2.45, 2.75) is 174 Å². The number of hydrogen-bond donors (Lipinski definition) is 4. The Morgan fingerprint density at radius 1 is 0.904 bits per heavy atom. The molecule has 73 heavy (non-hydrogen) atoms. The van der Waals surface area contributed by atoms with Crippen LogP contribution in [0.3, 0.4) is 0 Å². The number of esters is 2. The van der Waals surface area contributed by atoms with Crippen molar-refractivity contribution in [3.8, 4) is 5.75 Å². The number of ether oxygens (including phenoxy) is 3. The number of methoxy groups -OCH3 is 1. The fourth-order valence-electron chi connectivity index (χ4n) is 9.18. The molecule has 2 aromatic rings. The van der Waals surface area contributed by atoms with Crippen LogP contribution in [0.2, 0.25) is 0 Å². The highest BCUT2D eigenvalue weighted by Gasteiger charge is 2.45. The summed E-state index contributed by atoms with van der Waals surface area (Å²) in [5, 5.41) is 20.0. The van der Waals surface area contributed by atoms with Gasteiger partial charge in [-0.25, -0.2) is 13.2 Å². The smallest absolute Gasteiger partial charge is 0.329 e. The maximum absolute atomic E-state index is 14.9. The van der Waals surface area contributed by atoms with Gasteiger partial charge in [-0.05, 0) is 93.0 Å². The minimum atomic E-state index is -4.29. The van der Waals surface area contributed by atoms with Crippen molar-refractivity contribution in [2.75, 3.05) is 27.7 Å². The number of carbonyl (C=O) groups is 7. The van der Waals surface area contributed by atoms with Gasteiger partial charge in [-0.1, -0.05) is 91.6 Å². The molecule has 20 heteroatoms. The average molecular weight is 1040 g/mol. The first kappa shape index (κ1) is 60.0. The molecular weight excluding hydrogens is 961 g/mol. The fraction of sp³-hybridized carbons (Fsp3) is 0.642. The molecule has 0 aromatic heterocycles. The lowest BCUT2D eigenvalue weighted by Gasteiger charge is -2.35.